The number of quaternary nitrogens is 1. The Morgan fingerprint density at radius 3 is 2.62 bits per heavy atom. The van der Waals surface area contributed by atoms with E-state index in [-0.39, 0.29) is 18.6 Å². The van der Waals surface area contributed by atoms with Crippen molar-refractivity contribution in [3.05, 3.63) is 52.7 Å². The molecule has 0 aliphatic carbocycles. The molecule has 2 atom stereocenters. The minimum atomic E-state index is -0.0634. The highest BCUT2D eigenvalue weighted by Crippen LogP contribution is 2.20. The minimum Gasteiger partial charge on any atom is -0.484 e. The maximum atomic E-state index is 12.3. The molecule has 1 amide bonds. The first-order valence-corrected chi connectivity index (χ1v) is 9.47. The molecule has 24 heavy (non-hydrogen) atoms. The summed E-state index contributed by atoms with van der Waals surface area (Å²) in [6.45, 7) is 4.53. The molecule has 0 bridgehead atoms. The van der Waals surface area contributed by atoms with E-state index in [0.717, 1.165) is 5.75 Å². The summed E-state index contributed by atoms with van der Waals surface area (Å²) in [5, 5.41) is 5.25. The highest BCUT2D eigenvalue weighted by Gasteiger charge is 2.33. The third-order valence-corrected chi connectivity index (χ3v) is 5.49. The van der Waals surface area contributed by atoms with Crippen molar-refractivity contribution in [3.8, 4) is 5.75 Å². The Morgan fingerprint density at radius 1 is 1.21 bits per heavy atom. The lowest BCUT2D eigenvalue weighted by Gasteiger charge is -2.29. The second-order valence-electron chi connectivity index (χ2n) is 6.32. The van der Waals surface area contributed by atoms with Crippen LogP contribution in [0.5, 0.6) is 5.75 Å². The Bertz CT molecular complexity index is 624. The maximum absolute atomic E-state index is 12.3. The molecule has 5 heteroatoms. The van der Waals surface area contributed by atoms with E-state index >= 15 is 0 Å². The number of nitrogens with one attached hydrogen (secondary N) is 2. The van der Waals surface area contributed by atoms with Crippen LogP contribution in [0.1, 0.15) is 30.7 Å². The van der Waals surface area contributed by atoms with Gasteiger partial charge in [0.1, 0.15) is 11.8 Å². The normalized spacial score (nSPS) is 17.4. The predicted octanol–water partition coefficient (Wildman–Crippen LogP) is 2.05. The lowest BCUT2D eigenvalue weighted by atomic mass is 10.1. The molecule has 128 valence electrons. The monoisotopic (exact) mass is 345 g/mol. The Kier molecular flexibility index (Phi) is 5.88. The Hall–Kier alpha value is -1.85. The van der Waals surface area contributed by atoms with Crippen molar-refractivity contribution >= 4 is 17.2 Å². The summed E-state index contributed by atoms with van der Waals surface area (Å²) < 4.78 is 5.55. The van der Waals surface area contributed by atoms with Crippen molar-refractivity contribution in [1.29, 1.82) is 0 Å². The number of hydrogen-bond acceptors (Lipinski definition) is 3. The molecule has 1 aromatic heterocycles. The van der Waals surface area contributed by atoms with Crippen molar-refractivity contribution in [2.45, 2.75) is 31.8 Å². The number of carbonyl (C=O) groups is 1. The average Bonchev–Trinajstić information content (AvgIpc) is 3.29. The first-order valence-electron chi connectivity index (χ1n) is 8.59. The van der Waals surface area contributed by atoms with Crippen LogP contribution in [0.4, 0.5) is 0 Å². The molecule has 4 nitrogen and oxygen atoms in total. The van der Waals surface area contributed by atoms with Gasteiger partial charge in [0, 0.05) is 12.8 Å². The number of ether oxygens (including phenoxy) is 1. The van der Waals surface area contributed by atoms with E-state index < -0.39 is 0 Å². The van der Waals surface area contributed by atoms with E-state index in [1.54, 1.807) is 16.2 Å². The molecule has 1 aliphatic rings. The molecule has 2 aromatic rings. The van der Waals surface area contributed by atoms with Gasteiger partial charge in [-0.2, -0.15) is 0 Å². The van der Waals surface area contributed by atoms with Crippen LogP contribution < -0.4 is 15.0 Å². The van der Waals surface area contributed by atoms with Gasteiger partial charge in [-0.1, -0.05) is 24.3 Å². The fraction of sp³-hybridized carbons (Fsp3) is 0.421. The first-order chi connectivity index (χ1) is 11.7. The summed E-state index contributed by atoms with van der Waals surface area (Å²) >= 11 is 1.78. The van der Waals surface area contributed by atoms with Crippen molar-refractivity contribution in [2.75, 3.05) is 19.7 Å². The molecule has 1 aromatic carbocycles. The van der Waals surface area contributed by atoms with E-state index in [2.05, 4.69) is 29.8 Å². The number of benzene rings is 1. The third kappa shape index (κ3) is 4.36. The highest BCUT2D eigenvalue weighted by molar-refractivity contribution is 7.10. The molecular weight excluding hydrogens is 320 g/mol. The Morgan fingerprint density at radius 2 is 1.96 bits per heavy atom. The van der Waals surface area contributed by atoms with Gasteiger partial charge in [0.15, 0.2) is 6.61 Å². The zero-order chi connectivity index (χ0) is 16.8. The zero-order valence-corrected chi connectivity index (χ0v) is 14.9. The van der Waals surface area contributed by atoms with Crippen LogP contribution in [0.25, 0.3) is 0 Å². The second-order valence-corrected chi connectivity index (χ2v) is 7.30. The lowest BCUT2D eigenvalue weighted by Crippen LogP contribution is -3.11. The quantitative estimate of drug-likeness (QED) is 0.807. The van der Waals surface area contributed by atoms with Gasteiger partial charge >= 0.3 is 0 Å². The molecule has 1 fully saturated rings. The molecule has 0 saturated carbocycles. The van der Waals surface area contributed by atoms with Gasteiger partial charge in [0.2, 0.25) is 0 Å². The fourth-order valence-electron chi connectivity index (χ4n) is 3.45. The summed E-state index contributed by atoms with van der Waals surface area (Å²) in [6, 6.07) is 14.1. The fourth-order valence-corrected chi connectivity index (χ4v) is 4.44. The largest absolute Gasteiger partial charge is 0.484 e. The lowest BCUT2D eigenvalue weighted by molar-refractivity contribution is -0.920. The highest BCUT2D eigenvalue weighted by atomic mass is 32.1. The topological polar surface area (TPSA) is 42.8 Å². The molecule has 0 unspecified atom stereocenters. The molecule has 3 rings (SSSR count). The number of para-hydroxylation sites is 1. The molecule has 1 saturated heterocycles. The predicted molar refractivity (Wildman–Crippen MR) is 96.5 cm³/mol. The van der Waals surface area contributed by atoms with E-state index in [4.69, 9.17) is 4.74 Å². The van der Waals surface area contributed by atoms with Gasteiger partial charge in [-0.05, 0) is 30.5 Å². The second kappa shape index (κ2) is 8.31. The van der Waals surface area contributed by atoms with E-state index in [9.17, 15) is 4.79 Å². The van der Waals surface area contributed by atoms with Gasteiger partial charge in [-0.25, -0.2) is 0 Å². The van der Waals surface area contributed by atoms with E-state index in [1.807, 2.05) is 30.3 Å². The summed E-state index contributed by atoms with van der Waals surface area (Å²) in [6.07, 6.45) is 2.55. The maximum Gasteiger partial charge on any atom is 0.258 e. The molecule has 2 N–H and O–H groups in total. The van der Waals surface area contributed by atoms with Crippen molar-refractivity contribution in [3.63, 3.8) is 0 Å². The van der Waals surface area contributed by atoms with Crippen LogP contribution in [0.2, 0.25) is 0 Å². The smallest absolute Gasteiger partial charge is 0.258 e. The van der Waals surface area contributed by atoms with Crippen LogP contribution in [-0.4, -0.2) is 31.6 Å². The Balaban J connectivity index is 1.58. The van der Waals surface area contributed by atoms with Gasteiger partial charge in [0.05, 0.1) is 24.0 Å². The standard InChI is InChI=1S/C19H24N2O2S/c1-15(20-18(22)14-23-16-8-3-2-4-9-16)19(17-10-7-13-24-17)21-11-5-6-12-21/h2-4,7-10,13,15,19H,5-6,11-12,14H2,1H3,(H,20,22)/p+1/t15-,19+/m1/s1. The molecule has 0 radical (unpaired) electrons. The van der Waals surface area contributed by atoms with Crippen LogP contribution in [0, 0.1) is 0 Å². The summed E-state index contributed by atoms with van der Waals surface area (Å²) in [5.74, 6) is 0.659. The molecule has 2 heterocycles. The number of likely N-dealkylation sites (tertiary alicyclic amines) is 1. The number of thiophene rings is 1. The number of hydrogen-bond donors (Lipinski definition) is 2. The SMILES string of the molecule is C[C@@H](NC(=O)COc1ccccc1)[C@@H](c1cccs1)[NH+]1CCCC1. The van der Waals surface area contributed by atoms with Crippen LogP contribution in [-0.2, 0) is 4.79 Å². The van der Waals surface area contributed by atoms with Crippen molar-refractivity contribution in [1.82, 2.24) is 5.32 Å². The zero-order valence-electron chi connectivity index (χ0n) is 14.0. The number of amides is 1. The molecule has 0 spiro atoms. The van der Waals surface area contributed by atoms with Gasteiger partial charge in [-0.15, -0.1) is 11.3 Å². The van der Waals surface area contributed by atoms with Crippen LogP contribution in [0.3, 0.4) is 0 Å². The van der Waals surface area contributed by atoms with E-state index in [0.29, 0.717) is 6.04 Å². The van der Waals surface area contributed by atoms with Crippen molar-refractivity contribution < 1.29 is 14.4 Å². The minimum absolute atomic E-state index is 0.0564. The average molecular weight is 345 g/mol. The Labute approximate surface area is 147 Å². The van der Waals surface area contributed by atoms with Gasteiger partial charge in [0.25, 0.3) is 5.91 Å². The first kappa shape index (κ1) is 17.0. The van der Waals surface area contributed by atoms with Crippen LogP contribution >= 0.6 is 11.3 Å². The number of rotatable bonds is 7. The van der Waals surface area contributed by atoms with Gasteiger partial charge in [-0.3, -0.25) is 4.79 Å². The molecular formula is C19H25N2O2S+. The van der Waals surface area contributed by atoms with Gasteiger partial charge < -0.3 is 15.0 Å². The summed E-state index contributed by atoms with van der Waals surface area (Å²) in [4.78, 5) is 15.2. The number of carbonyl (C=O) groups excluding carboxylic acids is 1. The molecule has 1 aliphatic heterocycles. The summed E-state index contributed by atoms with van der Waals surface area (Å²) in [5.41, 5.74) is 0. The van der Waals surface area contributed by atoms with Crippen LogP contribution in [0.15, 0.2) is 47.8 Å². The van der Waals surface area contributed by atoms with E-state index in [1.165, 1.54) is 30.8 Å². The van der Waals surface area contributed by atoms with Crippen molar-refractivity contribution in [2.24, 2.45) is 0 Å². The third-order valence-electron chi connectivity index (χ3n) is 4.54. The summed E-state index contributed by atoms with van der Waals surface area (Å²) in [7, 11) is 0.